The SMILES string of the molecule is COc1ccc(-c2nccn2C)cc1N. The summed E-state index contributed by atoms with van der Waals surface area (Å²) in [5.74, 6) is 1.58. The van der Waals surface area contributed by atoms with Crippen LogP contribution >= 0.6 is 0 Å². The van der Waals surface area contributed by atoms with Crippen LogP contribution in [0.4, 0.5) is 5.69 Å². The van der Waals surface area contributed by atoms with Gasteiger partial charge in [0, 0.05) is 25.0 Å². The molecule has 0 bridgehead atoms. The second kappa shape index (κ2) is 3.65. The van der Waals surface area contributed by atoms with E-state index < -0.39 is 0 Å². The van der Waals surface area contributed by atoms with Gasteiger partial charge in [0.1, 0.15) is 11.6 Å². The molecule has 78 valence electrons. The Morgan fingerprint density at radius 2 is 2.20 bits per heavy atom. The number of nitrogens with zero attached hydrogens (tertiary/aromatic N) is 2. The van der Waals surface area contributed by atoms with Gasteiger partial charge in [-0.05, 0) is 18.2 Å². The molecule has 0 radical (unpaired) electrons. The van der Waals surface area contributed by atoms with Crippen molar-refractivity contribution in [2.75, 3.05) is 12.8 Å². The van der Waals surface area contributed by atoms with Gasteiger partial charge in [0.25, 0.3) is 0 Å². The molecule has 1 aromatic carbocycles. The number of hydrogen-bond donors (Lipinski definition) is 1. The molecule has 0 amide bonds. The van der Waals surface area contributed by atoms with Gasteiger partial charge < -0.3 is 15.0 Å². The van der Waals surface area contributed by atoms with Crippen molar-refractivity contribution in [3.05, 3.63) is 30.6 Å². The molecule has 0 saturated heterocycles. The molecule has 4 nitrogen and oxygen atoms in total. The minimum atomic E-state index is 0.623. The lowest BCUT2D eigenvalue weighted by molar-refractivity contribution is 0.417. The normalized spacial score (nSPS) is 10.3. The smallest absolute Gasteiger partial charge is 0.141 e. The molecule has 0 aliphatic carbocycles. The molecule has 15 heavy (non-hydrogen) atoms. The van der Waals surface area contributed by atoms with Crippen molar-refractivity contribution in [2.45, 2.75) is 0 Å². The average molecular weight is 203 g/mol. The third-order valence-corrected chi connectivity index (χ3v) is 2.31. The minimum Gasteiger partial charge on any atom is -0.495 e. The Bertz CT molecular complexity index is 476. The first-order valence-corrected chi connectivity index (χ1v) is 4.63. The summed E-state index contributed by atoms with van der Waals surface area (Å²) in [5.41, 5.74) is 7.44. The fourth-order valence-corrected chi connectivity index (χ4v) is 1.52. The van der Waals surface area contributed by atoms with Crippen LogP contribution in [0, 0.1) is 0 Å². The molecule has 0 spiro atoms. The molecular formula is C11H13N3O. The predicted molar refractivity (Wildman–Crippen MR) is 59.6 cm³/mol. The second-order valence-electron chi connectivity index (χ2n) is 3.32. The lowest BCUT2D eigenvalue weighted by Crippen LogP contribution is -1.95. The van der Waals surface area contributed by atoms with Gasteiger partial charge in [-0.2, -0.15) is 0 Å². The molecule has 1 aromatic heterocycles. The first-order chi connectivity index (χ1) is 7.22. The van der Waals surface area contributed by atoms with E-state index in [9.17, 15) is 0 Å². The Morgan fingerprint density at radius 3 is 2.73 bits per heavy atom. The van der Waals surface area contributed by atoms with Gasteiger partial charge >= 0.3 is 0 Å². The number of nitrogens with two attached hydrogens (primary N) is 1. The Kier molecular flexibility index (Phi) is 2.33. The third-order valence-electron chi connectivity index (χ3n) is 2.31. The summed E-state index contributed by atoms with van der Waals surface area (Å²) in [4.78, 5) is 4.25. The van der Waals surface area contributed by atoms with E-state index in [1.165, 1.54) is 0 Å². The molecule has 0 aliphatic heterocycles. The number of hydrogen-bond acceptors (Lipinski definition) is 3. The maximum atomic E-state index is 5.83. The van der Waals surface area contributed by atoms with Crippen LogP contribution in [-0.4, -0.2) is 16.7 Å². The highest BCUT2D eigenvalue weighted by molar-refractivity contribution is 5.66. The predicted octanol–water partition coefficient (Wildman–Crippen LogP) is 1.68. The Labute approximate surface area is 88.3 Å². The van der Waals surface area contributed by atoms with Crippen molar-refractivity contribution < 1.29 is 4.74 Å². The highest BCUT2D eigenvalue weighted by atomic mass is 16.5. The number of aromatic nitrogens is 2. The first kappa shape index (κ1) is 9.58. The monoisotopic (exact) mass is 203 g/mol. The molecule has 2 rings (SSSR count). The summed E-state index contributed by atoms with van der Waals surface area (Å²) in [6.45, 7) is 0. The summed E-state index contributed by atoms with van der Waals surface area (Å²) in [5, 5.41) is 0. The van der Waals surface area contributed by atoms with E-state index in [1.54, 1.807) is 13.3 Å². The van der Waals surface area contributed by atoms with E-state index >= 15 is 0 Å². The van der Waals surface area contributed by atoms with Gasteiger partial charge in [0.15, 0.2) is 0 Å². The van der Waals surface area contributed by atoms with Gasteiger partial charge in [0.05, 0.1) is 12.8 Å². The maximum Gasteiger partial charge on any atom is 0.141 e. The standard InChI is InChI=1S/C11H13N3O/c1-14-6-5-13-11(14)8-3-4-10(15-2)9(12)7-8/h3-7H,12H2,1-2H3. The Hall–Kier alpha value is -1.97. The molecule has 2 N–H and O–H groups in total. The minimum absolute atomic E-state index is 0.623. The fraction of sp³-hybridized carbons (Fsp3) is 0.182. The summed E-state index contributed by atoms with van der Waals surface area (Å²) in [6, 6.07) is 5.65. The molecule has 4 heteroatoms. The number of aryl methyl sites for hydroxylation is 1. The number of nitrogen functional groups attached to an aromatic ring is 1. The van der Waals surface area contributed by atoms with Crippen LogP contribution in [-0.2, 0) is 7.05 Å². The van der Waals surface area contributed by atoms with Crippen LogP contribution in [0.25, 0.3) is 11.4 Å². The summed E-state index contributed by atoms with van der Waals surface area (Å²) >= 11 is 0. The first-order valence-electron chi connectivity index (χ1n) is 4.63. The van der Waals surface area contributed by atoms with E-state index in [2.05, 4.69) is 4.98 Å². The van der Waals surface area contributed by atoms with Crippen molar-refractivity contribution in [3.8, 4) is 17.1 Å². The molecule has 1 heterocycles. The maximum absolute atomic E-state index is 5.83. The van der Waals surface area contributed by atoms with Crippen LogP contribution in [0.15, 0.2) is 30.6 Å². The van der Waals surface area contributed by atoms with Gasteiger partial charge in [-0.15, -0.1) is 0 Å². The van der Waals surface area contributed by atoms with Crippen LogP contribution in [0.3, 0.4) is 0 Å². The van der Waals surface area contributed by atoms with E-state index in [4.69, 9.17) is 10.5 Å². The third kappa shape index (κ3) is 1.66. The summed E-state index contributed by atoms with van der Waals surface area (Å²) in [6.07, 6.45) is 3.66. The van der Waals surface area contributed by atoms with Crippen molar-refractivity contribution in [1.82, 2.24) is 9.55 Å². The number of anilines is 1. The van der Waals surface area contributed by atoms with Gasteiger partial charge in [-0.3, -0.25) is 0 Å². The highest BCUT2D eigenvalue weighted by Crippen LogP contribution is 2.26. The number of imidazole rings is 1. The van der Waals surface area contributed by atoms with E-state index in [1.807, 2.05) is 36.0 Å². The lowest BCUT2D eigenvalue weighted by atomic mass is 10.2. The molecule has 0 aliphatic rings. The zero-order valence-corrected chi connectivity index (χ0v) is 8.77. The van der Waals surface area contributed by atoms with Crippen LogP contribution < -0.4 is 10.5 Å². The van der Waals surface area contributed by atoms with Crippen LogP contribution in [0.5, 0.6) is 5.75 Å². The molecule has 2 aromatic rings. The van der Waals surface area contributed by atoms with E-state index in [-0.39, 0.29) is 0 Å². The Morgan fingerprint density at radius 1 is 1.40 bits per heavy atom. The molecule has 0 fully saturated rings. The number of ether oxygens (including phenoxy) is 1. The summed E-state index contributed by atoms with van der Waals surface area (Å²) in [7, 11) is 3.55. The average Bonchev–Trinajstić information content (AvgIpc) is 2.64. The van der Waals surface area contributed by atoms with Crippen molar-refractivity contribution in [1.29, 1.82) is 0 Å². The van der Waals surface area contributed by atoms with Crippen molar-refractivity contribution in [3.63, 3.8) is 0 Å². The number of rotatable bonds is 2. The summed E-state index contributed by atoms with van der Waals surface area (Å²) < 4.78 is 7.04. The quantitative estimate of drug-likeness (QED) is 0.755. The largest absolute Gasteiger partial charge is 0.495 e. The highest BCUT2D eigenvalue weighted by Gasteiger charge is 2.06. The van der Waals surface area contributed by atoms with Gasteiger partial charge in [-0.25, -0.2) is 4.98 Å². The van der Waals surface area contributed by atoms with Crippen molar-refractivity contribution >= 4 is 5.69 Å². The van der Waals surface area contributed by atoms with Gasteiger partial charge in [0.2, 0.25) is 0 Å². The molecular weight excluding hydrogens is 190 g/mol. The fourth-order valence-electron chi connectivity index (χ4n) is 1.52. The van der Waals surface area contributed by atoms with Gasteiger partial charge in [-0.1, -0.05) is 0 Å². The van der Waals surface area contributed by atoms with Crippen LogP contribution in [0.1, 0.15) is 0 Å². The Balaban J connectivity index is 2.47. The van der Waals surface area contributed by atoms with E-state index in [0.29, 0.717) is 11.4 Å². The lowest BCUT2D eigenvalue weighted by Gasteiger charge is -2.06. The molecule has 0 saturated carbocycles. The zero-order chi connectivity index (χ0) is 10.8. The van der Waals surface area contributed by atoms with Crippen molar-refractivity contribution in [2.24, 2.45) is 7.05 Å². The zero-order valence-electron chi connectivity index (χ0n) is 8.77. The topological polar surface area (TPSA) is 53.1 Å². The number of benzene rings is 1. The van der Waals surface area contributed by atoms with E-state index in [0.717, 1.165) is 11.4 Å². The molecule has 0 atom stereocenters. The number of methoxy groups -OCH3 is 1. The van der Waals surface area contributed by atoms with Crippen LogP contribution in [0.2, 0.25) is 0 Å². The molecule has 0 unspecified atom stereocenters. The second-order valence-corrected chi connectivity index (χ2v) is 3.32.